The first kappa shape index (κ1) is 20.0. The van der Waals surface area contributed by atoms with E-state index in [2.05, 4.69) is 44.7 Å². The number of aliphatic hydroxyl groups excluding tert-OH is 1. The summed E-state index contributed by atoms with van der Waals surface area (Å²) in [6.07, 6.45) is 4.96. The lowest BCUT2D eigenvalue weighted by molar-refractivity contribution is -0.0191. The van der Waals surface area contributed by atoms with Crippen molar-refractivity contribution >= 4 is 12.4 Å². The third-order valence-corrected chi connectivity index (χ3v) is 4.49. The minimum Gasteiger partial charge on any atom is -0.491 e. The maximum absolute atomic E-state index is 10.4. The molecule has 0 aromatic heterocycles. The Morgan fingerprint density at radius 2 is 1.87 bits per heavy atom. The number of benzene rings is 1. The van der Waals surface area contributed by atoms with E-state index in [9.17, 15) is 5.11 Å². The molecule has 0 saturated carbocycles. The number of hydrogen-bond donors (Lipinski definition) is 1. The Balaban J connectivity index is 0.00000264. The molecule has 0 fully saturated rings. The number of para-hydroxylation sites is 1. The summed E-state index contributed by atoms with van der Waals surface area (Å²) in [4.78, 5) is 2.37. The van der Waals surface area contributed by atoms with Crippen LogP contribution in [0.1, 0.15) is 39.7 Å². The van der Waals surface area contributed by atoms with E-state index in [0.717, 1.165) is 17.7 Å². The highest BCUT2D eigenvalue weighted by Crippen LogP contribution is 2.33. The van der Waals surface area contributed by atoms with Gasteiger partial charge in [0, 0.05) is 17.6 Å². The van der Waals surface area contributed by atoms with Gasteiger partial charge in [0.2, 0.25) is 0 Å². The minimum atomic E-state index is -0.510. The van der Waals surface area contributed by atoms with E-state index in [1.165, 1.54) is 0 Å². The largest absolute Gasteiger partial charge is 0.491 e. The van der Waals surface area contributed by atoms with Gasteiger partial charge in [0.25, 0.3) is 0 Å². The highest BCUT2D eigenvalue weighted by molar-refractivity contribution is 5.85. The zero-order chi connectivity index (χ0) is 16.4. The second kappa shape index (κ2) is 7.69. The first-order valence-electron chi connectivity index (χ1n) is 8.04. The summed E-state index contributed by atoms with van der Waals surface area (Å²) in [5, 5.41) is 10.4. The van der Waals surface area contributed by atoms with Gasteiger partial charge in [-0.2, -0.15) is 0 Å². The van der Waals surface area contributed by atoms with Crippen LogP contribution in [0.5, 0.6) is 5.75 Å². The molecule has 0 aliphatic carbocycles. The lowest BCUT2D eigenvalue weighted by Crippen LogP contribution is -2.59. The van der Waals surface area contributed by atoms with Crippen molar-refractivity contribution in [2.24, 2.45) is 0 Å². The van der Waals surface area contributed by atoms with E-state index in [1.807, 2.05) is 31.2 Å². The molecule has 0 amide bonds. The second-order valence-electron chi connectivity index (χ2n) is 7.41. The van der Waals surface area contributed by atoms with E-state index in [-0.39, 0.29) is 23.5 Å². The number of β-amino-alcohol motifs (C(OH)–C–C–N with tert-alkyl or cyclic N) is 1. The third-order valence-electron chi connectivity index (χ3n) is 4.49. The van der Waals surface area contributed by atoms with Crippen LogP contribution in [0.2, 0.25) is 0 Å². The Hall–Kier alpha value is -1.03. The van der Waals surface area contributed by atoms with Crippen LogP contribution in [-0.4, -0.2) is 40.3 Å². The van der Waals surface area contributed by atoms with Gasteiger partial charge in [-0.3, -0.25) is 4.90 Å². The summed E-state index contributed by atoms with van der Waals surface area (Å²) >= 11 is 0. The normalized spacial score (nSPS) is 20.6. The average Bonchev–Trinajstić information content (AvgIpc) is 2.42. The van der Waals surface area contributed by atoms with Gasteiger partial charge < -0.3 is 9.84 Å². The molecule has 1 aromatic rings. The van der Waals surface area contributed by atoms with E-state index >= 15 is 0 Å². The lowest BCUT2D eigenvalue weighted by Gasteiger charge is -2.50. The highest BCUT2D eigenvalue weighted by Gasteiger charge is 2.39. The number of nitrogens with zero attached hydrogens (tertiary/aromatic N) is 1. The number of aryl methyl sites for hydroxylation is 1. The third kappa shape index (κ3) is 4.97. The number of hydrogen-bond acceptors (Lipinski definition) is 3. The van der Waals surface area contributed by atoms with Crippen molar-refractivity contribution in [3.05, 3.63) is 42.0 Å². The van der Waals surface area contributed by atoms with Gasteiger partial charge in [-0.15, -0.1) is 12.4 Å². The molecule has 1 aromatic carbocycles. The van der Waals surface area contributed by atoms with Crippen molar-refractivity contribution in [3.63, 3.8) is 0 Å². The zero-order valence-corrected chi connectivity index (χ0v) is 15.7. The van der Waals surface area contributed by atoms with Crippen LogP contribution in [0, 0.1) is 6.92 Å². The fraction of sp³-hybridized carbons (Fsp3) is 0.579. The molecule has 1 heterocycles. The molecule has 1 aliphatic heterocycles. The van der Waals surface area contributed by atoms with Crippen molar-refractivity contribution in [2.45, 2.75) is 58.2 Å². The molecule has 0 radical (unpaired) electrons. The summed E-state index contributed by atoms with van der Waals surface area (Å²) in [5.74, 6) is 0.846. The summed E-state index contributed by atoms with van der Waals surface area (Å²) < 4.78 is 5.78. The number of aliphatic hydroxyl groups is 1. The standard InChI is InChI=1S/C19H29NO2.ClH/c1-15-9-6-7-10-17(15)22-14-16(21)13-20-18(2,3)11-8-12-19(20,4)5;/h6-11,16,21H,12-14H2,1-5H3;1H. The van der Waals surface area contributed by atoms with Crippen LogP contribution < -0.4 is 4.74 Å². The Morgan fingerprint density at radius 3 is 2.48 bits per heavy atom. The van der Waals surface area contributed by atoms with Crippen LogP contribution in [0.25, 0.3) is 0 Å². The SMILES string of the molecule is Cc1ccccc1OCC(O)CN1C(C)(C)C=CCC1(C)C.Cl. The molecule has 1 aliphatic rings. The fourth-order valence-electron chi connectivity index (χ4n) is 3.27. The van der Waals surface area contributed by atoms with Crippen LogP contribution in [0.3, 0.4) is 0 Å². The van der Waals surface area contributed by atoms with Crippen molar-refractivity contribution in [2.75, 3.05) is 13.2 Å². The molecular formula is C19H30ClNO2. The lowest BCUT2D eigenvalue weighted by atomic mass is 9.84. The van der Waals surface area contributed by atoms with Crippen molar-refractivity contribution in [1.29, 1.82) is 0 Å². The second-order valence-corrected chi connectivity index (χ2v) is 7.41. The van der Waals surface area contributed by atoms with Gasteiger partial charge in [-0.05, 0) is 52.7 Å². The molecule has 0 saturated heterocycles. The van der Waals surface area contributed by atoms with Crippen LogP contribution in [-0.2, 0) is 0 Å². The molecule has 3 nitrogen and oxygen atoms in total. The summed E-state index contributed by atoms with van der Waals surface area (Å²) in [7, 11) is 0. The molecule has 1 unspecified atom stereocenters. The average molecular weight is 340 g/mol. The molecule has 130 valence electrons. The first-order chi connectivity index (χ1) is 10.2. The van der Waals surface area contributed by atoms with E-state index in [4.69, 9.17) is 4.74 Å². The predicted molar refractivity (Wildman–Crippen MR) is 98.5 cm³/mol. The van der Waals surface area contributed by atoms with Gasteiger partial charge >= 0.3 is 0 Å². The smallest absolute Gasteiger partial charge is 0.122 e. The van der Waals surface area contributed by atoms with E-state index in [1.54, 1.807) is 0 Å². The van der Waals surface area contributed by atoms with Crippen LogP contribution in [0.4, 0.5) is 0 Å². The van der Waals surface area contributed by atoms with Gasteiger partial charge in [0.05, 0.1) is 0 Å². The minimum absolute atomic E-state index is 0. The topological polar surface area (TPSA) is 32.7 Å². The maximum Gasteiger partial charge on any atom is 0.122 e. The molecule has 0 spiro atoms. The van der Waals surface area contributed by atoms with E-state index in [0.29, 0.717) is 13.2 Å². The molecular weight excluding hydrogens is 310 g/mol. The Morgan fingerprint density at radius 1 is 1.22 bits per heavy atom. The molecule has 2 rings (SSSR count). The Bertz CT molecular complexity index is 540. The molecule has 23 heavy (non-hydrogen) atoms. The van der Waals surface area contributed by atoms with Crippen LogP contribution >= 0.6 is 12.4 Å². The predicted octanol–water partition coefficient (Wildman–Crippen LogP) is 3.98. The Labute approximate surface area is 146 Å². The molecule has 0 bridgehead atoms. The highest BCUT2D eigenvalue weighted by atomic mass is 35.5. The summed E-state index contributed by atoms with van der Waals surface area (Å²) in [6, 6.07) is 7.91. The van der Waals surface area contributed by atoms with Gasteiger partial charge in [0.1, 0.15) is 18.5 Å². The summed E-state index contributed by atoms with van der Waals surface area (Å²) in [6.45, 7) is 11.8. The first-order valence-corrected chi connectivity index (χ1v) is 8.04. The maximum atomic E-state index is 10.4. The number of ether oxygens (including phenoxy) is 1. The van der Waals surface area contributed by atoms with Gasteiger partial charge in [0.15, 0.2) is 0 Å². The summed E-state index contributed by atoms with van der Waals surface area (Å²) in [5.41, 5.74) is 1.09. The van der Waals surface area contributed by atoms with Gasteiger partial charge in [-0.1, -0.05) is 30.4 Å². The van der Waals surface area contributed by atoms with Crippen molar-refractivity contribution in [3.8, 4) is 5.75 Å². The fourth-order valence-corrected chi connectivity index (χ4v) is 3.27. The van der Waals surface area contributed by atoms with Crippen molar-refractivity contribution in [1.82, 2.24) is 4.90 Å². The van der Waals surface area contributed by atoms with E-state index < -0.39 is 6.10 Å². The molecule has 1 N–H and O–H groups in total. The molecule has 4 heteroatoms. The Kier molecular flexibility index (Phi) is 6.70. The van der Waals surface area contributed by atoms with Crippen LogP contribution in [0.15, 0.2) is 36.4 Å². The van der Waals surface area contributed by atoms with Gasteiger partial charge in [-0.25, -0.2) is 0 Å². The monoisotopic (exact) mass is 339 g/mol. The molecule has 1 atom stereocenters. The number of rotatable bonds is 5. The quantitative estimate of drug-likeness (QED) is 0.824. The van der Waals surface area contributed by atoms with Crippen molar-refractivity contribution < 1.29 is 9.84 Å². The zero-order valence-electron chi connectivity index (χ0n) is 14.9. The number of halogens is 1.